The molecule has 0 heterocycles. The summed E-state index contributed by atoms with van der Waals surface area (Å²) >= 11 is 0. The minimum Gasteiger partial charge on any atom is -0.478 e. The highest BCUT2D eigenvalue weighted by atomic mass is 32.2. The molecule has 0 saturated carbocycles. The van der Waals surface area contributed by atoms with Gasteiger partial charge in [-0.15, -0.1) is 0 Å². The van der Waals surface area contributed by atoms with Crippen LogP contribution in [0.4, 0.5) is 0 Å². The van der Waals surface area contributed by atoms with Crippen molar-refractivity contribution in [3.05, 3.63) is 0 Å². The predicted molar refractivity (Wildman–Crippen MR) is 114 cm³/mol. The summed E-state index contributed by atoms with van der Waals surface area (Å²) in [5.41, 5.74) is -3.10. The molecule has 182 valence electrons. The smallest absolute Gasteiger partial charge is 0.348 e. The molecule has 0 fully saturated rings. The zero-order valence-corrected chi connectivity index (χ0v) is 19.9. The van der Waals surface area contributed by atoms with Crippen LogP contribution in [0.5, 0.6) is 0 Å². The number of unbranched alkanes of at least 4 members (excludes halogenated alkanes) is 1. The molecule has 0 aromatic carbocycles. The number of carboxylic acid groups (broad SMARTS) is 1. The van der Waals surface area contributed by atoms with Crippen LogP contribution in [0.25, 0.3) is 0 Å². The molecule has 10 nitrogen and oxygen atoms in total. The van der Waals surface area contributed by atoms with Crippen molar-refractivity contribution in [2.45, 2.75) is 84.8 Å². The fourth-order valence-corrected chi connectivity index (χ4v) is 3.91. The van der Waals surface area contributed by atoms with Crippen LogP contribution in [0, 0.1) is 5.41 Å². The summed E-state index contributed by atoms with van der Waals surface area (Å²) in [4.78, 5) is 35.2. The summed E-state index contributed by atoms with van der Waals surface area (Å²) in [6, 6.07) is 0. The summed E-state index contributed by atoms with van der Waals surface area (Å²) < 4.78 is 34.3. The molecular formula is C20H37NO9S. The molecule has 2 atom stereocenters. The van der Waals surface area contributed by atoms with E-state index in [0.717, 1.165) is 0 Å². The number of carbonyl (C=O) groups excluding carboxylic acids is 2. The molecule has 1 unspecified atom stereocenters. The molecule has 0 rings (SSSR count). The maximum atomic E-state index is 12.6. The van der Waals surface area contributed by atoms with Gasteiger partial charge in [0.15, 0.2) is 6.10 Å². The number of carbonyl (C=O) groups is 3. The summed E-state index contributed by atoms with van der Waals surface area (Å²) in [5.74, 6) is -3.04. The van der Waals surface area contributed by atoms with Crippen molar-refractivity contribution in [1.29, 1.82) is 0 Å². The third kappa shape index (κ3) is 10.4. The molecule has 0 bridgehead atoms. The van der Waals surface area contributed by atoms with E-state index >= 15 is 0 Å². The van der Waals surface area contributed by atoms with Gasteiger partial charge in [0.05, 0.1) is 12.4 Å². The minimum atomic E-state index is -3.95. The molecule has 11 heteroatoms. The maximum absolute atomic E-state index is 12.6. The Morgan fingerprint density at radius 3 is 2.16 bits per heavy atom. The average molecular weight is 468 g/mol. The van der Waals surface area contributed by atoms with Gasteiger partial charge in [0.2, 0.25) is 11.5 Å². The fourth-order valence-electron chi connectivity index (χ4n) is 2.81. The molecular weight excluding hydrogens is 430 g/mol. The summed E-state index contributed by atoms with van der Waals surface area (Å²) in [6.07, 6.45) is 0.256. The van der Waals surface area contributed by atoms with Gasteiger partial charge in [0.25, 0.3) is 10.1 Å². The topological polar surface area (TPSA) is 156 Å². The van der Waals surface area contributed by atoms with Gasteiger partial charge >= 0.3 is 11.9 Å². The van der Waals surface area contributed by atoms with Crippen LogP contribution >= 0.6 is 0 Å². The van der Waals surface area contributed by atoms with E-state index < -0.39 is 45.8 Å². The number of aliphatic carboxylic acids is 1. The van der Waals surface area contributed by atoms with Crippen LogP contribution in [0.2, 0.25) is 0 Å². The number of amides is 1. The summed E-state index contributed by atoms with van der Waals surface area (Å²) in [7, 11) is -3.95. The predicted octanol–water partition coefficient (Wildman–Crippen LogP) is 1.60. The van der Waals surface area contributed by atoms with Gasteiger partial charge in [-0.05, 0) is 25.7 Å². The van der Waals surface area contributed by atoms with Crippen molar-refractivity contribution < 1.29 is 41.9 Å². The minimum absolute atomic E-state index is 0.0976. The highest BCUT2D eigenvalue weighted by molar-refractivity contribution is 7.86. The molecule has 0 aliphatic heterocycles. The lowest BCUT2D eigenvalue weighted by molar-refractivity contribution is -0.191. The molecule has 0 aliphatic carbocycles. The Kier molecular flexibility index (Phi) is 12.3. The molecule has 3 N–H and O–H groups in total. The number of hydrogen-bond acceptors (Lipinski definition) is 8. The largest absolute Gasteiger partial charge is 0.478 e. The molecule has 0 spiro atoms. The SMILES string of the molecule is CCCCC(CCC)(OC(=O)[C@H](O)C(C)(C)COS(=O)(=O)CCCNC(C)=O)C(=O)O. The maximum Gasteiger partial charge on any atom is 0.348 e. The van der Waals surface area contributed by atoms with Gasteiger partial charge in [-0.3, -0.25) is 8.98 Å². The van der Waals surface area contributed by atoms with Gasteiger partial charge in [-0.2, -0.15) is 8.42 Å². The number of carboxylic acids is 1. The summed E-state index contributed by atoms with van der Waals surface area (Å²) in [6.45, 7) is 7.46. The number of nitrogens with one attached hydrogen (secondary N) is 1. The Hall–Kier alpha value is -1.72. The Bertz CT molecular complexity index is 705. The van der Waals surface area contributed by atoms with Gasteiger partial charge in [-0.1, -0.05) is 40.5 Å². The molecule has 0 aromatic rings. The van der Waals surface area contributed by atoms with Crippen molar-refractivity contribution in [3.8, 4) is 0 Å². The molecule has 0 aliphatic rings. The molecule has 0 saturated heterocycles. The fraction of sp³-hybridized carbons (Fsp3) is 0.850. The van der Waals surface area contributed by atoms with E-state index in [2.05, 4.69) is 5.32 Å². The first-order chi connectivity index (χ1) is 14.2. The van der Waals surface area contributed by atoms with Crippen LogP contribution in [-0.4, -0.2) is 67.1 Å². The van der Waals surface area contributed by atoms with Crippen LogP contribution in [0.1, 0.15) is 73.1 Å². The molecule has 31 heavy (non-hydrogen) atoms. The van der Waals surface area contributed by atoms with Crippen molar-refractivity contribution in [2.75, 3.05) is 18.9 Å². The Balaban J connectivity index is 5.09. The lowest BCUT2D eigenvalue weighted by atomic mass is 9.87. The van der Waals surface area contributed by atoms with Crippen molar-refractivity contribution in [3.63, 3.8) is 0 Å². The summed E-state index contributed by atoms with van der Waals surface area (Å²) in [5, 5.41) is 22.6. The zero-order chi connectivity index (χ0) is 24.3. The second-order valence-electron chi connectivity index (χ2n) is 8.33. The lowest BCUT2D eigenvalue weighted by Crippen LogP contribution is -2.49. The van der Waals surface area contributed by atoms with Crippen LogP contribution in [0.3, 0.4) is 0 Å². The molecule has 0 aromatic heterocycles. The Labute approximate surface area is 184 Å². The number of ether oxygens (including phenoxy) is 1. The number of hydrogen-bond donors (Lipinski definition) is 3. The third-order valence-electron chi connectivity index (χ3n) is 4.79. The van der Waals surface area contributed by atoms with Gasteiger partial charge in [0, 0.05) is 18.9 Å². The molecule has 1 amide bonds. The first kappa shape index (κ1) is 29.3. The van der Waals surface area contributed by atoms with E-state index in [0.29, 0.717) is 19.3 Å². The van der Waals surface area contributed by atoms with Crippen molar-refractivity contribution >= 4 is 28.0 Å². The average Bonchev–Trinajstić information content (AvgIpc) is 2.67. The number of aliphatic hydroxyl groups excluding tert-OH is 1. The Morgan fingerprint density at radius 2 is 1.68 bits per heavy atom. The highest BCUT2D eigenvalue weighted by Crippen LogP contribution is 2.30. The zero-order valence-electron chi connectivity index (χ0n) is 19.1. The highest BCUT2D eigenvalue weighted by Gasteiger charge is 2.45. The van der Waals surface area contributed by atoms with Crippen molar-refractivity contribution in [1.82, 2.24) is 5.32 Å². The monoisotopic (exact) mass is 467 g/mol. The molecule has 0 radical (unpaired) electrons. The third-order valence-corrected chi connectivity index (χ3v) is 6.06. The van der Waals surface area contributed by atoms with Crippen LogP contribution in [-0.2, 0) is 33.4 Å². The van der Waals surface area contributed by atoms with Crippen molar-refractivity contribution in [2.24, 2.45) is 5.41 Å². The van der Waals surface area contributed by atoms with Gasteiger partial charge < -0.3 is 20.3 Å². The van der Waals surface area contributed by atoms with E-state index in [4.69, 9.17) is 8.92 Å². The van der Waals surface area contributed by atoms with E-state index in [1.807, 2.05) is 6.92 Å². The van der Waals surface area contributed by atoms with E-state index in [9.17, 15) is 33.0 Å². The standard InChI is InChI=1S/C20H37NO9S/c1-6-8-11-20(10-7-2,18(25)26)30-17(24)16(23)19(4,5)14-29-31(27,28)13-9-12-21-15(3)22/h16,23H,6-14H2,1-5H3,(H,21,22)(H,25,26)/t16-,20?/m0/s1. The van der Waals surface area contributed by atoms with E-state index in [-0.39, 0.29) is 37.5 Å². The van der Waals surface area contributed by atoms with Gasteiger partial charge in [-0.25, -0.2) is 9.59 Å². The normalized spacial score (nSPS) is 15.0. The number of esters is 1. The Morgan fingerprint density at radius 1 is 1.06 bits per heavy atom. The lowest BCUT2D eigenvalue weighted by Gasteiger charge is -2.34. The van der Waals surface area contributed by atoms with Crippen LogP contribution < -0.4 is 5.32 Å². The first-order valence-corrected chi connectivity index (χ1v) is 12.1. The number of rotatable bonds is 16. The second kappa shape index (κ2) is 13.0. The van der Waals surface area contributed by atoms with Gasteiger partial charge in [0.1, 0.15) is 0 Å². The number of aliphatic hydroxyl groups is 1. The first-order valence-electron chi connectivity index (χ1n) is 10.5. The van der Waals surface area contributed by atoms with E-state index in [1.54, 1.807) is 6.92 Å². The van der Waals surface area contributed by atoms with Crippen LogP contribution in [0.15, 0.2) is 0 Å². The second-order valence-corrected chi connectivity index (χ2v) is 10.1. The van der Waals surface area contributed by atoms with E-state index in [1.165, 1.54) is 20.8 Å². The quantitative estimate of drug-likeness (QED) is 0.174.